The van der Waals surface area contributed by atoms with Crippen LogP contribution in [-0.4, -0.2) is 49.1 Å². The summed E-state index contributed by atoms with van der Waals surface area (Å²) in [5.41, 5.74) is 8.07. The SMILES string of the molecule is O=S(=O)(C1CNNC1)N1CCCC(c2cccc(-c3cccc(F)c3)n2)C1. The Balaban J connectivity index is 1.56. The molecule has 0 spiro atoms. The van der Waals surface area contributed by atoms with Gasteiger partial charge in [-0.25, -0.2) is 17.1 Å². The van der Waals surface area contributed by atoms with E-state index in [4.69, 9.17) is 4.98 Å². The maximum atomic E-state index is 13.5. The first-order chi connectivity index (χ1) is 13.0. The quantitative estimate of drug-likeness (QED) is 0.834. The number of rotatable bonds is 4. The number of hydrazine groups is 1. The van der Waals surface area contributed by atoms with Crippen molar-refractivity contribution in [1.82, 2.24) is 20.1 Å². The van der Waals surface area contributed by atoms with E-state index in [1.807, 2.05) is 24.3 Å². The first kappa shape index (κ1) is 18.5. The van der Waals surface area contributed by atoms with Crippen LogP contribution in [0.3, 0.4) is 0 Å². The summed E-state index contributed by atoms with van der Waals surface area (Å²) in [6.45, 7) is 1.85. The lowest BCUT2D eigenvalue weighted by Crippen LogP contribution is -2.45. The topological polar surface area (TPSA) is 74.3 Å². The molecule has 2 fully saturated rings. The lowest BCUT2D eigenvalue weighted by atomic mass is 9.95. The summed E-state index contributed by atoms with van der Waals surface area (Å²) < 4.78 is 40.9. The van der Waals surface area contributed by atoms with Gasteiger partial charge < -0.3 is 0 Å². The number of aromatic nitrogens is 1. The second-order valence-electron chi connectivity index (χ2n) is 7.08. The smallest absolute Gasteiger partial charge is 0.219 e. The maximum absolute atomic E-state index is 13.5. The molecule has 3 heterocycles. The van der Waals surface area contributed by atoms with E-state index in [0.29, 0.717) is 31.9 Å². The fourth-order valence-electron chi connectivity index (χ4n) is 3.77. The van der Waals surface area contributed by atoms with Crippen molar-refractivity contribution < 1.29 is 12.8 Å². The minimum Gasteiger partial charge on any atom is -0.256 e. The number of hydrogen-bond acceptors (Lipinski definition) is 5. The first-order valence-corrected chi connectivity index (χ1v) is 10.7. The van der Waals surface area contributed by atoms with E-state index >= 15 is 0 Å². The fraction of sp³-hybridized carbons (Fsp3) is 0.421. The molecular weight excluding hydrogens is 367 g/mol. The van der Waals surface area contributed by atoms with Gasteiger partial charge in [0.05, 0.1) is 5.69 Å². The number of pyridine rings is 1. The fourth-order valence-corrected chi connectivity index (χ4v) is 5.55. The minimum atomic E-state index is -3.34. The highest BCUT2D eigenvalue weighted by Gasteiger charge is 2.37. The van der Waals surface area contributed by atoms with Crippen LogP contribution >= 0.6 is 0 Å². The van der Waals surface area contributed by atoms with E-state index in [0.717, 1.165) is 24.1 Å². The normalized spacial score (nSPS) is 22.2. The Morgan fingerprint density at radius 3 is 2.67 bits per heavy atom. The zero-order chi connectivity index (χ0) is 18.9. The molecule has 2 aromatic rings. The summed E-state index contributed by atoms with van der Waals surface area (Å²) >= 11 is 0. The van der Waals surface area contributed by atoms with Crippen molar-refractivity contribution in [2.24, 2.45) is 0 Å². The van der Waals surface area contributed by atoms with Crippen molar-refractivity contribution in [1.29, 1.82) is 0 Å². The maximum Gasteiger partial charge on any atom is 0.219 e. The zero-order valence-corrected chi connectivity index (χ0v) is 15.8. The highest BCUT2D eigenvalue weighted by atomic mass is 32.2. The molecule has 1 unspecified atom stereocenters. The number of benzene rings is 1. The predicted octanol–water partition coefficient (Wildman–Crippen LogP) is 1.87. The molecule has 0 aliphatic carbocycles. The van der Waals surface area contributed by atoms with Crippen molar-refractivity contribution >= 4 is 10.0 Å². The molecule has 1 aromatic heterocycles. The standard InChI is InChI=1S/C19H23FN4O2S/c20-16-6-1-4-14(10-16)18-7-2-8-19(23-18)15-5-3-9-24(13-15)27(25,26)17-11-21-22-12-17/h1-2,4,6-8,10,15,17,21-22H,3,5,9,11-13H2. The van der Waals surface area contributed by atoms with Gasteiger partial charge in [-0.05, 0) is 37.1 Å². The number of nitrogens with one attached hydrogen (secondary N) is 2. The summed E-state index contributed by atoms with van der Waals surface area (Å²) in [7, 11) is -3.34. The monoisotopic (exact) mass is 390 g/mol. The zero-order valence-electron chi connectivity index (χ0n) is 14.9. The molecule has 2 saturated heterocycles. The van der Waals surface area contributed by atoms with Gasteiger partial charge in [0, 0.05) is 43.4 Å². The van der Waals surface area contributed by atoms with Gasteiger partial charge >= 0.3 is 0 Å². The van der Waals surface area contributed by atoms with Gasteiger partial charge in [-0.3, -0.25) is 15.8 Å². The van der Waals surface area contributed by atoms with Crippen LogP contribution in [0.4, 0.5) is 4.39 Å². The van der Waals surface area contributed by atoms with Gasteiger partial charge in [0.15, 0.2) is 0 Å². The molecule has 1 atom stereocenters. The number of sulfonamides is 1. The van der Waals surface area contributed by atoms with Crippen LogP contribution in [-0.2, 0) is 10.0 Å². The lowest BCUT2D eigenvalue weighted by Gasteiger charge is -2.33. The molecule has 0 bridgehead atoms. The van der Waals surface area contributed by atoms with Crippen LogP contribution in [0.15, 0.2) is 42.5 Å². The second-order valence-corrected chi connectivity index (χ2v) is 9.30. The number of nitrogens with zero attached hydrogens (tertiary/aromatic N) is 2. The van der Waals surface area contributed by atoms with E-state index < -0.39 is 15.3 Å². The Morgan fingerprint density at radius 2 is 1.89 bits per heavy atom. The second kappa shape index (κ2) is 7.63. The third-order valence-electron chi connectivity index (χ3n) is 5.26. The van der Waals surface area contributed by atoms with Crippen molar-refractivity contribution in [3.8, 4) is 11.3 Å². The summed E-state index contributed by atoms with van der Waals surface area (Å²) in [6.07, 6.45) is 1.70. The van der Waals surface area contributed by atoms with Gasteiger partial charge in [-0.2, -0.15) is 0 Å². The third-order valence-corrected chi connectivity index (χ3v) is 7.49. The lowest BCUT2D eigenvalue weighted by molar-refractivity contribution is 0.310. The third kappa shape index (κ3) is 3.89. The Labute approximate surface area is 158 Å². The Morgan fingerprint density at radius 1 is 1.11 bits per heavy atom. The molecule has 0 amide bonds. The molecule has 8 heteroatoms. The van der Waals surface area contributed by atoms with Crippen LogP contribution in [0.25, 0.3) is 11.3 Å². The summed E-state index contributed by atoms with van der Waals surface area (Å²) in [5.74, 6) is -0.252. The molecule has 4 rings (SSSR count). The number of halogens is 1. The van der Waals surface area contributed by atoms with Crippen LogP contribution in [0, 0.1) is 5.82 Å². The molecule has 1 aromatic carbocycles. The Hall–Kier alpha value is -1.87. The number of hydrogen-bond donors (Lipinski definition) is 2. The Bertz CT molecular complexity index is 915. The van der Waals surface area contributed by atoms with E-state index in [1.165, 1.54) is 12.1 Å². The van der Waals surface area contributed by atoms with E-state index in [1.54, 1.807) is 10.4 Å². The molecule has 144 valence electrons. The highest BCUT2D eigenvalue weighted by molar-refractivity contribution is 7.89. The average Bonchev–Trinajstić information content (AvgIpc) is 3.24. The molecular formula is C19H23FN4O2S. The Kier molecular flexibility index (Phi) is 5.23. The first-order valence-electron chi connectivity index (χ1n) is 9.21. The average molecular weight is 390 g/mol. The van der Waals surface area contributed by atoms with Crippen molar-refractivity contribution in [2.45, 2.75) is 24.0 Å². The van der Waals surface area contributed by atoms with Gasteiger partial charge in [0.25, 0.3) is 0 Å². The van der Waals surface area contributed by atoms with E-state index in [-0.39, 0.29) is 11.7 Å². The molecule has 27 heavy (non-hydrogen) atoms. The van der Waals surface area contributed by atoms with E-state index in [2.05, 4.69) is 10.9 Å². The van der Waals surface area contributed by atoms with Crippen molar-refractivity contribution in [3.05, 3.63) is 54.0 Å². The molecule has 0 saturated carbocycles. The van der Waals surface area contributed by atoms with Crippen LogP contribution in [0.2, 0.25) is 0 Å². The van der Waals surface area contributed by atoms with Gasteiger partial charge in [0.1, 0.15) is 11.1 Å². The number of piperidine rings is 1. The summed E-state index contributed by atoms with van der Waals surface area (Å²) in [5, 5.41) is -0.428. The summed E-state index contributed by atoms with van der Waals surface area (Å²) in [6, 6.07) is 12.0. The van der Waals surface area contributed by atoms with Gasteiger partial charge in [-0.1, -0.05) is 18.2 Å². The van der Waals surface area contributed by atoms with Crippen LogP contribution < -0.4 is 10.9 Å². The molecule has 0 radical (unpaired) electrons. The van der Waals surface area contributed by atoms with E-state index in [9.17, 15) is 12.8 Å². The largest absolute Gasteiger partial charge is 0.256 e. The van der Waals surface area contributed by atoms with Crippen molar-refractivity contribution in [3.63, 3.8) is 0 Å². The van der Waals surface area contributed by atoms with Crippen LogP contribution in [0.1, 0.15) is 24.5 Å². The molecule has 6 nitrogen and oxygen atoms in total. The molecule has 2 aliphatic heterocycles. The molecule has 2 aliphatic rings. The van der Waals surface area contributed by atoms with Crippen LogP contribution in [0.5, 0.6) is 0 Å². The predicted molar refractivity (Wildman–Crippen MR) is 102 cm³/mol. The van der Waals surface area contributed by atoms with Gasteiger partial charge in [-0.15, -0.1) is 0 Å². The minimum absolute atomic E-state index is 0.0457. The van der Waals surface area contributed by atoms with Crippen molar-refractivity contribution in [2.75, 3.05) is 26.2 Å². The molecule has 2 N–H and O–H groups in total. The van der Waals surface area contributed by atoms with Gasteiger partial charge in [0.2, 0.25) is 10.0 Å². The highest BCUT2D eigenvalue weighted by Crippen LogP contribution is 2.30. The summed E-state index contributed by atoms with van der Waals surface area (Å²) in [4.78, 5) is 4.71.